The maximum absolute atomic E-state index is 12.0. The van der Waals surface area contributed by atoms with Crippen molar-refractivity contribution in [1.29, 1.82) is 0 Å². The van der Waals surface area contributed by atoms with Crippen LogP contribution in [0.2, 0.25) is 5.02 Å². The Kier molecular flexibility index (Phi) is 9.49. The van der Waals surface area contributed by atoms with E-state index in [0.717, 1.165) is 5.56 Å². The molecule has 2 aromatic rings. The third-order valence-electron chi connectivity index (χ3n) is 4.20. The van der Waals surface area contributed by atoms with Crippen molar-refractivity contribution >= 4 is 41.3 Å². The summed E-state index contributed by atoms with van der Waals surface area (Å²) in [5.74, 6) is -0.492. The fourth-order valence-corrected chi connectivity index (χ4v) is 2.62. The molecule has 32 heavy (non-hydrogen) atoms. The van der Waals surface area contributed by atoms with Gasteiger partial charge in [0.2, 0.25) is 11.8 Å². The summed E-state index contributed by atoms with van der Waals surface area (Å²) in [6, 6.07) is 10.1. The Morgan fingerprint density at radius 2 is 1.78 bits per heavy atom. The zero-order valence-electron chi connectivity index (χ0n) is 17.9. The van der Waals surface area contributed by atoms with E-state index in [9.17, 15) is 14.4 Å². The van der Waals surface area contributed by atoms with E-state index in [1.807, 2.05) is 6.92 Å². The largest absolute Gasteiger partial charge is 0.493 e. The van der Waals surface area contributed by atoms with E-state index in [1.54, 1.807) is 36.4 Å². The number of amides is 2. The highest BCUT2D eigenvalue weighted by Gasteiger charge is 2.09. The molecule has 0 saturated carbocycles. The van der Waals surface area contributed by atoms with Gasteiger partial charge in [0.15, 0.2) is 18.1 Å². The Balaban J connectivity index is 1.81. The number of methoxy groups -OCH3 is 2. The van der Waals surface area contributed by atoms with Crippen molar-refractivity contribution in [2.45, 2.75) is 19.8 Å². The first-order chi connectivity index (χ1) is 15.3. The number of halogens is 1. The van der Waals surface area contributed by atoms with E-state index >= 15 is 0 Å². The van der Waals surface area contributed by atoms with Gasteiger partial charge in [0.25, 0.3) is 0 Å². The minimum absolute atomic E-state index is 0.00704. The Hall–Kier alpha value is -3.59. The highest BCUT2D eigenvalue weighted by molar-refractivity contribution is 6.31. The molecule has 2 amide bonds. The second-order valence-electron chi connectivity index (χ2n) is 6.58. The molecule has 2 N–H and O–H groups in total. The summed E-state index contributed by atoms with van der Waals surface area (Å²) in [5, 5.41) is 7.11. The molecule has 0 aromatic heterocycles. The molecule has 9 nitrogen and oxygen atoms in total. The number of ether oxygens (including phenoxy) is 3. The fourth-order valence-electron chi connectivity index (χ4n) is 2.44. The molecule has 0 atom stereocenters. The quantitative estimate of drug-likeness (QED) is 0.319. The number of hydrogen-bond donors (Lipinski definition) is 2. The van der Waals surface area contributed by atoms with Crippen molar-refractivity contribution in [3.05, 3.63) is 52.5 Å². The number of carbonyl (C=O) groups is 3. The molecular weight excluding hydrogens is 438 g/mol. The van der Waals surface area contributed by atoms with Crippen LogP contribution in [0.4, 0.5) is 5.69 Å². The molecule has 0 unspecified atom stereocenters. The van der Waals surface area contributed by atoms with Crippen LogP contribution in [0, 0.1) is 6.92 Å². The first kappa shape index (κ1) is 24.7. The lowest BCUT2D eigenvalue weighted by Gasteiger charge is -2.10. The monoisotopic (exact) mass is 461 g/mol. The van der Waals surface area contributed by atoms with E-state index in [1.165, 1.54) is 20.4 Å². The Morgan fingerprint density at radius 3 is 2.47 bits per heavy atom. The summed E-state index contributed by atoms with van der Waals surface area (Å²) in [5.41, 5.74) is 4.46. The number of nitrogens with zero attached hydrogens (tertiary/aromatic N) is 1. The standard InChI is InChI=1S/C22H24ClN3O6/c1-14-4-6-16(11-17(14)23)25-20(27)8-9-21(28)26-24-12-15-5-7-18(19(10-15)30-2)32-13-22(29)31-3/h4-7,10-12H,8-9,13H2,1-3H3,(H,25,27)(H,26,28). The van der Waals surface area contributed by atoms with Gasteiger partial charge in [-0.1, -0.05) is 17.7 Å². The molecule has 0 aliphatic rings. The predicted octanol–water partition coefficient (Wildman–Crippen LogP) is 3.08. The van der Waals surface area contributed by atoms with Crippen molar-refractivity contribution in [2.75, 3.05) is 26.1 Å². The Morgan fingerprint density at radius 1 is 1.03 bits per heavy atom. The average Bonchev–Trinajstić information content (AvgIpc) is 2.78. The number of benzene rings is 2. The number of hydrogen-bond acceptors (Lipinski definition) is 7. The first-order valence-electron chi connectivity index (χ1n) is 9.58. The molecule has 0 aliphatic heterocycles. The van der Waals surface area contributed by atoms with E-state index in [4.69, 9.17) is 21.1 Å². The number of rotatable bonds is 10. The zero-order chi connectivity index (χ0) is 23.5. The first-order valence-corrected chi connectivity index (χ1v) is 9.95. The molecule has 2 aromatic carbocycles. The normalized spacial score (nSPS) is 10.5. The molecule has 0 aliphatic carbocycles. The smallest absolute Gasteiger partial charge is 0.343 e. The van der Waals surface area contributed by atoms with E-state index < -0.39 is 11.9 Å². The van der Waals surface area contributed by atoms with Crippen LogP contribution in [0.1, 0.15) is 24.0 Å². The lowest BCUT2D eigenvalue weighted by atomic mass is 10.2. The minimum Gasteiger partial charge on any atom is -0.493 e. The second kappa shape index (κ2) is 12.3. The van der Waals surface area contributed by atoms with Gasteiger partial charge >= 0.3 is 5.97 Å². The minimum atomic E-state index is -0.517. The van der Waals surface area contributed by atoms with Gasteiger partial charge in [0, 0.05) is 23.6 Å². The highest BCUT2D eigenvalue weighted by atomic mass is 35.5. The molecule has 0 fully saturated rings. The number of aryl methyl sites for hydroxylation is 1. The van der Waals surface area contributed by atoms with Crippen LogP contribution >= 0.6 is 11.6 Å². The van der Waals surface area contributed by atoms with E-state index in [-0.39, 0.29) is 25.4 Å². The van der Waals surface area contributed by atoms with Gasteiger partial charge in [-0.05, 0) is 48.4 Å². The van der Waals surface area contributed by atoms with Crippen molar-refractivity contribution in [3.63, 3.8) is 0 Å². The highest BCUT2D eigenvalue weighted by Crippen LogP contribution is 2.27. The Bertz CT molecular complexity index is 1010. The zero-order valence-corrected chi connectivity index (χ0v) is 18.7. The molecule has 10 heteroatoms. The molecule has 0 bridgehead atoms. The van der Waals surface area contributed by atoms with Gasteiger partial charge in [0.1, 0.15) is 0 Å². The van der Waals surface area contributed by atoms with Crippen molar-refractivity contribution in [2.24, 2.45) is 5.10 Å². The molecule has 0 spiro atoms. The molecule has 2 rings (SSSR count). The summed E-state index contributed by atoms with van der Waals surface area (Å²) < 4.78 is 15.1. The summed E-state index contributed by atoms with van der Waals surface area (Å²) in [6.45, 7) is 1.61. The van der Waals surface area contributed by atoms with Gasteiger partial charge in [0.05, 0.1) is 20.4 Å². The number of nitrogens with one attached hydrogen (secondary N) is 2. The average molecular weight is 462 g/mol. The number of carbonyl (C=O) groups excluding carboxylic acids is 3. The molecule has 0 saturated heterocycles. The van der Waals surface area contributed by atoms with Crippen LogP contribution < -0.4 is 20.2 Å². The molecular formula is C22H24ClN3O6. The lowest BCUT2D eigenvalue weighted by Crippen LogP contribution is -2.20. The van der Waals surface area contributed by atoms with Crippen LogP contribution in [-0.2, 0) is 19.1 Å². The van der Waals surface area contributed by atoms with Gasteiger partial charge in [-0.25, -0.2) is 10.2 Å². The molecule has 0 radical (unpaired) electrons. The van der Waals surface area contributed by atoms with Crippen LogP contribution in [0.3, 0.4) is 0 Å². The number of anilines is 1. The van der Waals surface area contributed by atoms with Crippen molar-refractivity contribution < 1.29 is 28.6 Å². The molecule has 0 heterocycles. The maximum Gasteiger partial charge on any atom is 0.343 e. The topological polar surface area (TPSA) is 115 Å². The van der Waals surface area contributed by atoms with Gasteiger partial charge < -0.3 is 19.5 Å². The van der Waals surface area contributed by atoms with Gasteiger partial charge in [-0.2, -0.15) is 5.10 Å². The third-order valence-corrected chi connectivity index (χ3v) is 4.61. The molecule has 170 valence electrons. The van der Waals surface area contributed by atoms with E-state index in [0.29, 0.717) is 27.8 Å². The second-order valence-corrected chi connectivity index (χ2v) is 6.99. The van der Waals surface area contributed by atoms with E-state index in [2.05, 4.69) is 20.6 Å². The predicted molar refractivity (Wildman–Crippen MR) is 120 cm³/mol. The third kappa shape index (κ3) is 7.92. The van der Waals surface area contributed by atoms with Crippen molar-refractivity contribution in [1.82, 2.24) is 5.43 Å². The number of hydrazone groups is 1. The summed E-state index contributed by atoms with van der Waals surface area (Å²) in [7, 11) is 2.72. The number of esters is 1. The van der Waals surface area contributed by atoms with Gasteiger partial charge in [-0.3, -0.25) is 9.59 Å². The van der Waals surface area contributed by atoms with Gasteiger partial charge in [-0.15, -0.1) is 0 Å². The van der Waals surface area contributed by atoms with Crippen LogP contribution in [0.15, 0.2) is 41.5 Å². The van der Waals surface area contributed by atoms with Crippen LogP contribution in [0.25, 0.3) is 0 Å². The fraction of sp³-hybridized carbons (Fsp3) is 0.273. The summed E-state index contributed by atoms with van der Waals surface area (Å²) in [4.78, 5) is 35.1. The van der Waals surface area contributed by atoms with Crippen LogP contribution in [0.5, 0.6) is 11.5 Å². The lowest BCUT2D eigenvalue weighted by molar-refractivity contribution is -0.143. The van der Waals surface area contributed by atoms with Crippen molar-refractivity contribution in [3.8, 4) is 11.5 Å². The summed E-state index contributed by atoms with van der Waals surface area (Å²) >= 11 is 6.03. The summed E-state index contributed by atoms with van der Waals surface area (Å²) in [6.07, 6.45) is 1.37. The van der Waals surface area contributed by atoms with Crippen LogP contribution in [-0.4, -0.2) is 44.8 Å². The Labute approximate surface area is 190 Å². The maximum atomic E-state index is 12.0. The SMILES string of the molecule is COC(=O)COc1ccc(C=NNC(=O)CCC(=O)Nc2ccc(C)c(Cl)c2)cc1OC.